The van der Waals surface area contributed by atoms with Crippen LogP contribution in [0.3, 0.4) is 0 Å². The third-order valence-electron chi connectivity index (χ3n) is 1.87. The number of rotatable bonds is 7. The second-order valence-electron chi connectivity index (χ2n) is 3.45. The zero-order valence-electron chi connectivity index (χ0n) is 9.13. The van der Waals surface area contributed by atoms with Crippen LogP contribution in [-0.2, 0) is 9.59 Å². The standard InChI is InChI=1S/C10H19NO2S/c1-8(6-7-14-3)11-10(13)5-4-9(2)12/h8H,4-7H2,1-3H3,(H,11,13). The number of hydrogen-bond acceptors (Lipinski definition) is 3. The lowest BCUT2D eigenvalue weighted by Crippen LogP contribution is -2.32. The molecule has 0 aliphatic rings. The minimum absolute atomic E-state index is 0.0196. The maximum absolute atomic E-state index is 11.3. The molecule has 4 heteroatoms. The highest BCUT2D eigenvalue weighted by molar-refractivity contribution is 7.98. The fourth-order valence-electron chi connectivity index (χ4n) is 1.00. The topological polar surface area (TPSA) is 46.2 Å². The van der Waals surface area contributed by atoms with Crippen LogP contribution < -0.4 is 5.32 Å². The molecule has 0 radical (unpaired) electrons. The van der Waals surface area contributed by atoms with Crippen molar-refractivity contribution in [2.45, 2.75) is 39.2 Å². The van der Waals surface area contributed by atoms with Crippen molar-refractivity contribution in [2.24, 2.45) is 0 Å². The lowest BCUT2D eigenvalue weighted by Gasteiger charge is -2.12. The molecular formula is C10H19NO2S. The Kier molecular flexibility index (Phi) is 7.57. The average Bonchev–Trinajstić information content (AvgIpc) is 2.11. The molecule has 1 amide bonds. The fourth-order valence-corrected chi connectivity index (χ4v) is 1.59. The van der Waals surface area contributed by atoms with Crippen molar-refractivity contribution in [1.82, 2.24) is 5.32 Å². The van der Waals surface area contributed by atoms with E-state index in [9.17, 15) is 9.59 Å². The molecule has 0 bridgehead atoms. The number of carbonyl (C=O) groups is 2. The summed E-state index contributed by atoms with van der Waals surface area (Å²) in [5.41, 5.74) is 0. The highest BCUT2D eigenvalue weighted by Crippen LogP contribution is 2.00. The number of nitrogens with one attached hydrogen (secondary N) is 1. The van der Waals surface area contributed by atoms with Gasteiger partial charge < -0.3 is 10.1 Å². The van der Waals surface area contributed by atoms with Crippen LogP contribution in [0.15, 0.2) is 0 Å². The van der Waals surface area contributed by atoms with E-state index >= 15 is 0 Å². The predicted octanol–water partition coefficient (Wildman–Crippen LogP) is 1.61. The third-order valence-corrected chi connectivity index (χ3v) is 2.51. The van der Waals surface area contributed by atoms with Gasteiger partial charge in [0.25, 0.3) is 0 Å². The molecule has 1 atom stereocenters. The monoisotopic (exact) mass is 217 g/mol. The van der Waals surface area contributed by atoms with Gasteiger partial charge in [-0.2, -0.15) is 11.8 Å². The molecule has 0 rings (SSSR count). The van der Waals surface area contributed by atoms with Crippen LogP contribution in [0.2, 0.25) is 0 Å². The Labute approximate surface area is 90.0 Å². The molecule has 0 aromatic heterocycles. The van der Waals surface area contributed by atoms with Crippen LogP contribution >= 0.6 is 11.8 Å². The molecule has 1 unspecified atom stereocenters. The Hall–Kier alpha value is -0.510. The van der Waals surface area contributed by atoms with E-state index < -0.39 is 0 Å². The summed E-state index contributed by atoms with van der Waals surface area (Å²) in [4.78, 5) is 21.9. The van der Waals surface area contributed by atoms with Crippen molar-refractivity contribution in [2.75, 3.05) is 12.0 Å². The second kappa shape index (κ2) is 7.85. The van der Waals surface area contributed by atoms with E-state index in [1.807, 2.05) is 13.2 Å². The van der Waals surface area contributed by atoms with Crippen LogP contribution in [0.5, 0.6) is 0 Å². The molecule has 0 fully saturated rings. The van der Waals surface area contributed by atoms with Gasteiger partial charge in [0.05, 0.1) is 0 Å². The normalized spacial score (nSPS) is 12.2. The molecular weight excluding hydrogens is 198 g/mol. The summed E-state index contributed by atoms with van der Waals surface area (Å²) in [6.07, 6.45) is 3.69. The smallest absolute Gasteiger partial charge is 0.220 e. The first kappa shape index (κ1) is 13.5. The van der Waals surface area contributed by atoms with Gasteiger partial charge in [-0.25, -0.2) is 0 Å². The number of ketones is 1. The van der Waals surface area contributed by atoms with Crippen LogP contribution in [0, 0.1) is 0 Å². The van der Waals surface area contributed by atoms with Gasteiger partial charge in [-0.3, -0.25) is 4.79 Å². The number of hydrogen-bond donors (Lipinski definition) is 1. The lowest BCUT2D eigenvalue weighted by atomic mass is 10.2. The Morgan fingerprint density at radius 1 is 1.36 bits per heavy atom. The molecule has 82 valence electrons. The number of amides is 1. The van der Waals surface area contributed by atoms with Crippen molar-refractivity contribution in [1.29, 1.82) is 0 Å². The van der Waals surface area contributed by atoms with E-state index in [1.165, 1.54) is 6.92 Å². The molecule has 0 aliphatic heterocycles. The van der Waals surface area contributed by atoms with Crippen LogP contribution in [0.4, 0.5) is 0 Å². The summed E-state index contributed by atoms with van der Waals surface area (Å²) >= 11 is 1.77. The quantitative estimate of drug-likeness (QED) is 0.705. The molecule has 0 saturated heterocycles. The summed E-state index contributed by atoms with van der Waals surface area (Å²) in [6, 6.07) is 0.210. The predicted molar refractivity (Wildman–Crippen MR) is 60.5 cm³/mol. The first-order valence-corrected chi connectivity index (χ1v) is 6.23. The maximum atomic E-state index is 11.3. The summed E-state index contributed by atoms with van der Waals surface area (Å²) in [6.45, 7) is 3.49. The van der Waals surface area contributed by atoms with E-state index in [0.717, 1.165) is 12.2 Å². The Bertz CT molecular complexity index is 195. The Morgan fingerprint density at radius 2 is 2.00 bits per heavy atom. The van der Waals surface area contributed by atoms with Gasteiger partial charge in [0, 0.05) is 18.9 Å². The number of Topliss-reactive ketones (excluding diaryl/α,β-unsaturated/α-hetero) is 1. The molecule has 0 heterocycles. The Balaban J connectivity index is 3.55. The van der Waals surface area contributed by atoms with Gasteiger partial charge >= 0.3 is 0 Å². The zero-order chi connectivity index (χ0) is 11.0. The summed E-state index contributed by atoms with van der Waals surface area (Å²) in [7, 11) is 0. The lowest BCUT2D eigenvalue weighted by molar-refractivity contribution is -0.125. The molecule has 14 heavy (non-hydrogen) atoms. The molecule has 0 aromatic carbocycles. The van der Waals surface area contributed by atoms with Gasteiger partial charge in [0.2, 0.25) is 5.91 Å². The highest BCUT2D eigenvalue weighted by Gasteiger charge is 2.07. The molecule has 0 spiro atoms. The first-order valence-electron chi connectivity index (χ1n) is 4.84. The molecule has 0 saturated carbocycles. The van der Waals surface area contributed by atoms with Gasteiger partial charge in [0.15, 0.2) is 0 Å². The second-order valence-corrected chi connectivity index (χ2v) is 4.44. The Morgan fingerprint density at radius 3 is 2.50 bits per heavy atom. The summed E-state index contributed by atoms with van der Waals surface area (Å²) < 4.78 is 0. The number of thioether (sulfide) groups is 1. The zero-order valence-corrected chi connectivity index (χ0v) is 9.95. The van der Waals surface area contributed by atoms with E-state index in [0.29, 0.717) is 12.8 Å². The molecule has 3 nitrogen and oxygen atoms in total. The van der Waals surface area contributed by atoms with E-state index in [1.54, 1.807) is 11.8 Å². The van der Waals surface area contributed by atoms with Crippen molar-refractivity contribution in [3.8, 4) is 0 Å². The van der Waals surface area contributed by atoms with E-state index in [2.05, 4.69) is 5.32 Å². The minimum Gasteiger partial charge on any atom is -0.354 e. The van der Waals surface area contributed by atoms with Crippen LogP contribution in [-0.4, -0.2) is 29.7 Å². The maximum Gasteiger partial charge on any atom is 0.220 e. The van der Waals surface area contributed by atoms with Crippen LogP contribution in [0.25, 0.3) is 0 Å². The molecule has 0 aromatic rings. The van der Waals surface area contributed by atoms with Gasteiger partial charge in [-0.1, -0.05) is 0 Å². The summed E-state index contributed by atoms with van der Waals surface area (Å²) in [5.74, 6) is 1.10. The average molecular weight is 217 g/mol. The van der Waals surface area contributed by atoms with Gasteiger partial charge in [0.1, 0.15) is 5.78 Å². The van der Waals surface area contributed by atoms with Crippen molar-refractivity contribution >= 4 is 23.5 Å². The van der Waals surface area contributed by atoms with Gasteiger partial charge in [-0.05, 0) is 32.3 Å². The van der Waals surface area contributed by atoms with Crippen LogP contribution in [0.1, 0.15) is 33.1 Å². The first-order chi connectivity index (χ1) is 6.56. The van der Waals surface area contributed by atoms with Crippen molar-refractivity contribution in [3.05, 3.63) is 0 Å². The summed E-state index contributed by atoms with van der Waals surface area (Å²) in [5, 5.41) is 2.87. The SMILES string of the molecule is CSCCC(C)NC(=O)CCC(C)=O. The van der Waals surface area contributed by atoms with Gasteiger partial charge in [-0.15, -0.1) is 0 Å². The van der Waals surface area contributed by atoms with Crippen molar-refractivity contribution in [3.63, 3.8) is 0 Å². The third kappa shape index (κ3) is 8.10. The van der Waals surface area contributed by atoms with Crippen molar-refractivity contribution < 1.29 is 9.59 Å². The minimum atomic E-state index is -0.0196. The highest BCUT2D eigenvalue weighted by atomic mass is 32.2. The largest absolute Gasteiger partial charge is 0.354 e. The number of carbonyl (C=O) groups excluding carboxylic acids is 2. The van der Waals surface area contributed by atoms with E-state index in [4.69, 9.17) is 0 Å². The van der Waals surface area contributed by atoms with E-state index in [-0.39, 0.29) is 17.7 Å². The molecule has 1 N–H and O–H groups in total. The molecule has 0 aliphatic carbocycles. The fraction of sp³-hybridized carbons (Fsp3) is 0.800.